The summed E-state index contributed by atoms with van der Waals surface area (Å²) in [5, 5.41) is 0. The van der Waals surface area contributed by atoms with E-state index in [0.717, 1.165) is 42.4 Å². The standard InChI is InChI=1S/C25H40O2/c1-6-16(2)21-9-10-22-20-8-7-18-15-19(27-17(3)26)11-13-24(18,4)23(20)12-14-25(21,22)5/h7,16,19-23H,6,8-15H2,1-5H3/t16-,19+,20+,21-,22+,23+,24+,25-/m1/s1. The topological polar surface area (TPSA) is 26.3 Å². The summed E-state index contributed by atoms with van der Waals surface area (Å²) in [6.07, 6.45) is 14.3. The van der Waals surface area contributed by atoms with Gasteiger partial charge in [-0.1, -0.05) is 45.8 Å². The fraction of sp³-hybridized carbons (Fsp3) is 0.880. The van der Waals surface area contributed by atoms with Crippen molar-refractivity contribution >= 4 is 5.97 Å². The monoisotopic (exact) mass is 372 g/mol. The van der Waals surface area contributed by atoms with Crippen molar-refractivity contribution < 1.29 is 9.53 Å². The zero-order valence-corrected chi connectivity index (χ0v) is 18.2. The van der Waals surface area contributed by atoms with E-state index in [-0.39, 0.29) is 12.1 Å². The van der Waals surface area contributed by atoms with Gasteiger partial charge in [0.25, 0.3) is 0 Å². The van der Waals surface area contributed by atoms with E-state index in [1.165, 1.54) is 44.9 Å². The summed E-state index contributed by atoms with van der Waals surface area (Å²) in [5.41, 5.74) is 2.55. The average molecular weight is 373 g/mol. The van der Waals surface area contributed by atoms with Crippen molar-refractivity contribution in [1.82, 2.24) is 0 Å². The molecular weight excluding hydrogens is 332 g/mol. The minimum atomic E-state index is -0.117. The van der Waals surface area contributed by atoms with Gasteiger partial charge in [0, 0.05) is 13.3 Å². The molecule has 0 heterocycles. The normalized spacial score (nSPS) is 47.3. The number of allylic oxidation sites excluding steroid dienone is 1. The third kappa shape index (κ3) is 3.01. The van der Waals surface area contributed by atoms with Crippen LogP contribution >= 0.6 is 0 Å². The first kappa shape index (κ1) is 19.5. The molecule has 4 aliphatic carbocycles. The fourth-order valence-corrected chi connectivity index (χ4v) is 8.22. The van der Waals surface area contributed by atoms with Crippen LogP contribution in [0.4, 0.5) is 0 Å². The van der Waals surface area contributed by atoms with Crippen molar-refractivity contribution in [3.63, 3.8) is 0 Å². The van der Waals surface area contributed by atoms with Gasteiger partial charge >= 0.3 is 5.97 Å². The molecule has 0 N–H and O–H groups in total. The third-order valence-electron chi connectivity index (χ3n) is 9.80. The van der Waals surface area contributed by atoms with Gasteiger partial charge in [-0.25, -0.2) is 0 Å². The van der Waals surface area contributed by atoms with E-state index in [9.17, 15) is 4.79 Å². The summed E-state index contributed by atoms with van der Waals surface area (Å²) in [6, 6.07) is 0. The summed E-state index contributed by atoms with van der Waals surface area (Å²) in [6.45, 7) is 11.6. The number of ether oxygens (including phenoxy) is 1. The van der Waals surface area contributed by atoms with E-state index >= 15 is 0 Å². The predicted molar refractivity (Wildman–Crippen MR) is 110 cm³/mol. The molecule has 0 aliphatic heterocycles. The number of rotatable bonds is 3. The molecule has 0 amide bonds. The molecule has 3 fully saturated rings. The predicted octanol–water partition coefficient (Wildman–Crippen LogP) is 6.54. The zero-order chi connectivity index (χ0) is 19.4. The molecule has 0 aromatic rings. The Hall–Kier alpha value is -0.790. The Morgan fingerprint density at radius 2 is 1.96 bits per heavy atom. The molecule has 27 heavy (non-hydrogen) atoms. The van der Waals surface area contributed by atoms with Gasteiger partial charge in [0.05, 0.1) is 0 Å². The Bertz CT molecular complexity index is 622. The third-order valence-corrected chi connectivity index (χ3v) is 9.80. The Morgan fingerprint density at radius 3 is 2.67 bits per heavy atom. The molecule has 0 spiro atoms. The van der Waals surface area contributed by atoms with Crippen LogP contribution in [0.1, 0.15) is 92.4 Å². The molecule has 8 atom stereocenters. The van der Waals surface area contributed by atoms with Gasteiger partial charge in [0.15, 0.2) is 0 Å². The number of carbonyl (C=O) groups is 1. The highest BCUT2D eigenvalue weighted by Crippen LogP contribution is 2.67. The zero-order valence-electron chi connectivity index (χ0n) is 18.2. The molecular formula is C25H40O2. The van der Waals surface area contributed by atoms with Gasteiger partial charge in [-0.05, 0) is 85.4 Å². The first-order chi connectivity index (χ1) is 12.8. The van der Waals surface area contributed by atoms with Crippen LogP contribution in [-0.2, 0) is 9.53 Å². The highest BCUT2D eigenvalue weighted by atomic mass is 16.5. The second-order valence-electron chi connectivity index (χ2n) is 10.8. The lowest BCUT2D eigenvalue weighted by Gasteiger charge is -2.58. The molecule has 0 aromatic heterocycles. The van der Waals surface area contributed by atoms with Crippen LogP contribution in [0.3, 0.4) is 0 Å². The summed E-state index contributed by atoms with van der Waals surface area (Å²) in [7, 11) is 0. The Labute approximate surface area is 166 Å². The summed E-state index contributed by atoms with van der Waals surface area (Å²) in [4.78, 5) is 11.4. The average Bonchev–Trinajstić information content (AvgIpc) is 2.98. The van der Waals surface area contributed by atoms with E-state index in [1.807, 2.05) is 0 Å². The van der Waals surface area contributed by atoms with Crippen LogP contribution in [0.15, 0.2) is 11.6 Å². The molecule has 0 bridgehead atoms. The molecule has 0 aromatic carbocycles. The Kier molecular flexibility index (Phi) is 5.00. The van der Waals surface area contributed by atoms with E-state index in [1.54, 1.807) is 12.5 Å². The number of hydrogen-bond acceptors (Lipinski definition) is 2. The quantitative estimate of drug-likeness (QED) is 0.415. The summed E-state index contributed by atoms with van der Waals surface area (Å²) < 4.78 is 5.58. The van der Waals surface area contributed by atoms with Gasteiger partial charge < -0.3 is 4.74 Å². The number of carbonyl (C=O) groups excluding carboxylic acids is 1. The second kappa shape index (κ2) is 6.92. The van der Waals surface area contributed by atoms with E-state index in [4.69, 9.17) is 4.74 Å². The molecule has 0 saturated heterocycles. The molecule has 2 heteroatoms. The van der Waals surface area contributed by atoms with Crippen LogP contribution in [-0.4, -0.2) is 12.1 Å². The van der Waals surface area contributed by atoms with Crippen LogP contribution in [0.2, 0.25) is 0 Å². The van der Waals surface area contributed by atoms with Gasteiger partial charge in [0.1, 0.15) is 6.10 Å². The molecule has 3 saturated carbocycles. The first-order valence-corrected chi connectivity index (χ1v) is 11.7. The van der Waals surface area contributed by atoms with Crippen molar-refractivity contribution in [2.24, 2.45) is 40.4 Å². The van der Waals surface area contributed by atoms with Crippen LogP contribution in [0.25, 0.3) is 0 Å². The Balaban J connectivity index is 1.56. The van der Waals surface area contributed by atoms with Gasteiger partial charge in [-0.2, -0.15) is 0 Å². The highest BCUT2D eigenvalue weighted by Gasteiger charge is 2.59. The fourth-order valence-electron chi connectivity index (χ4n) is 8.22. The minimum absolute atomic E-state index is 0.117. The summed E-state index contributed by atoms with van der Waals surface area (Å²) >= 11 is 0. The van der Waals surface area contributed by atoms with Gasteiger partial charge in [-0.15, -0.1) is 0 Å². The smallest absolute Gasteiger partial charge is 0.302 e. The first-order valence-electron chi connectivity index (χ1n) is 11.7. The molecule has 2 nitrogen and oxygen atoms in total. The molecule has 0 unspecified atom stereocenters. The van der Waals surface area contributed by atoms with Crippen LogP contribution < -0.4 is 0 Å². The van der Waals surface area contributed by atoms with Gasteiger partial charge in [-0.3, -0.25) is 4.79 Å². The van der Waals surface area contributed by atoms with E-state index < -0.39 is 0 Å². The van der Waals surface area contributed by atoms with Gasteiger partial charge in [0.2, 0.25) is 0 Å². The minimum Gasteiger partial charge on any atom is -0.462 e. The van der Waals surface area contributed by atoms with Crippen LogP contribution in [0.5, 0.6) is 0 Å². The maximum absolute atomic E-state index is 11.4. The lowest BCUT2D eigenvalue weighted by atomic mass is 9.47. The Morgan fingerprint density at radius 1 is 1.19 bits per heavy atom. The van der Waals surface area contributed by atoms with Crippen LogP contribution in [0, 0.1) is 40.4 Å². The second-order valence-corrected chi connectivity index (χ2v) is 10.8. The van der Waals surface area contributed by atoms with E-state index in [0.29, 0.717) is 10.8 Å². The van der Waals surface area contributed by atoms with Crippen molar-refractivity contribution in [2.75, 3.05) is 0 Å². The molecule has 4 aliphatic rings. The van der Waals surface area contributed by atoms with Crippen molar-refractivity contribution in [2.45, 2.75) is 98.5 Å². The summed E-state index contributed by atoms with van der Waals surface area (Å²) in [5.74, 6) is 4.36. The molecule has 0 radical (unpaired) electrons. The molecule has 4 rings (SSSR count). The largest absolute Gasteiger partial charge is 0.462 e. The maximum atomic E-state index is 11.4. The van der Waals surface area contributed by atoms with Crippen molar-refractivity contribution in [3.05, 3.63) is 11.6 Å². The maximum Gasteiger partial charge on any atom is 0.302 e. The van der Waals surface area contributed by atoms with Crippen molar-refractivity contribution in [1.29, 1.82) is 0 Å². The SMILES string of the molecule is CC[C@@H](C)[C@H]1CC[C@H]2[C@@H]3CC=C4C[C@@H](OC(C)=O)CC[C@]4(C)[C@H]3CC[C@]12C. The number of hydrogen-bond donors (Lipinski definition) is 0. The molecule has 152 valence electrons. The number of fused-ring (bicyclic) bond motifs is 5. The van der Waals surface area contributed by atoms with Crippen molar-refractivity contribution in [3.8, 4) is 0 Å². The number of esters is 1. The lowest BCUT2D eigenvalue weighted by molar-refractivity contribution is -0.148. The highest BCUT2D eigenvalue weighted by molar-refractivity contribution is 5.66. The lowest BCUT2D eigenvalue weighted by Crippen LogP contribution is -2.51. The van der Waals surface area contributed by atoms with E-state index in [2.05, 4.69) is 33.8 Å².